The minimum atomic E-state index is -0.491. The first kappa shape index (κ1) is 21.8. The number of hydrogen-bond donors (Lipinski definition) is 2. The van der Waals surface area contributed by atoms with E-state index in [1.165, 1.54) is 38.5 Å². The first-order chi connectivity index (χ1) is 14.9. The largest absolute Gasteiger partial charge is 0.493 e. The fourth-order valence-corrected chi connectivity index (χ4v) is 2.92. The molecule has 0 unspecified atom stereocenters. The second-order valence-electron chi connectivity index (χ2n) is 6.18. The zero-order valence-corrected chi connectivity index (χ0v) is 18.2. The van der Waals surface area contributed by atoms with E-state index in [1.807, 2.05) is 0 Å². The third-order valence-corrected chi connectivity index (χ3v) is 4.71. The number of nitrogens with one attached hydrogen (secondary N) is 2. The first-order valence-corrected chi connectivity index (χ1v) is 9.72. The van der Waals surface area contributed by atoms with Crippen LogP contribution in [0.25, 0.3) is 4.85 Å². The summed E-state index contributed by atoms with van der Waals surface area (Å²) in [6.45, 7) is 7.01. The molecule has 0 aliphatic heterocycles. The van der Waals surface area contributed by atoms with E-state index in [-0.39, 0.29) is 11.3 Å². The monoisotopic (exact) mass is 480 g/mol. The zero-order valence-electron chi connectivity index (χ0n) is 16.6. The molecule has 3 aromatic rings. The van der Waals surface area contributed by atoms with Gasteiger partial charge >= 0.3 is 0 Å². The molecule has 9 heteroatoms. The predicted octanol–water partition coefficient (Wildman–Crippen LogP) is 4.92. The molecule has 0 saturated carbocycles. The Hall–Kier alpha value is -3.90. The van der Waals surface area contributed by atoms with Crippen molar-refractivity contribution in [3.63, 3.8) is 0 Å². The summed E-state index contributed by atoms with van der Waals surface area (Å²) in [6.07, 6.45) is 1.56. The van der Waals surface area contributed by atoms with E-state index in [0.29, 0.717) is 28.6 Å². The van der Waals surface area contributed by atoms with Gasteiger partial charge < -0.3 is 20.1 Å². The van der Waals surface area contributed by atoms with Crippen molar-refractivity contribution < 1.29 is 19.1 Å². The molecule has 2 aromatic carbocycles. The average molecular weight is 481 g/mol. The molecule has 3 rings (SSSR count). The number of ether oxygens (including phenoxy) is 2. The fraction of sp³-hybridized carbons (Fsp3) is 0.0909. The highest BCUT2D eigenvalue weighted by Crippen LogP contribution is 2.34. The maximum Gasteiger partial charge on any atom is 0.259 e. The number of carbonyl (C=O) groups excluding carboxylic acids is 2. The van der Waals surface area contributed by atoms with E-state index in [2.05, 4.69) is 36.4 Å². The van der Waals surface area contributed by atoms with Crippen LogP contribution in [0, 0.1) is 6.57 Å². The van der Waals surface area contributed by atoms with Gasteiger partial charge in [0.05, 0.1) is 32.0 Å². The number of pyridine rings is 1. The summed E-state index contributed by atoms with van der Waals surface area (Å²) in [4.78, 5) is 33.1. The van der Waals surface area contributed by atoms with Crippen LogP contribution in [0.4, 0.5) is 17.2 Å². The molecule has 0 radical (unpaired) electrons. The van der Waals surface area contributed by atoms with Crippen LogP contribution in [0.3, 0.4) is 0 Å². The molecule has 156 valence electrons. The molecule has 0 spiro atoms. The van der Waals surface area contributed by atoms with Gasteiger partial charge in [0.2, 0.25) is 0 Å². The van der Waals surface area contributed by atoms with Crippen LogP contribution in [-0.4, -0.2) is 31.0 Å². The van der Waals surface area contributed by atoms with E-state index in [0.717, 1.165) is 4.47 Å². The van der Waals surface area contributed by atoms with Crippen molar-refractivity contribution in [3.05, 3.63) is 81.7 Å². The molecule has 0 atom stereocenters. The summed E-state index contributed by atoms with van der Waals surface area (Å²) in [7, 11) is 2.91. The summed E-state index contributed by atoms with van der Waals surface area (Å²) >= 11 is 3.29. The van der Waals surface area contributed by atoms with Crippen molar-refractivity contribution >= 4 is 44.9 Å². The minimum Gasteiger partial charge on any atom is -0.493 e. The van der Waals surface area contributed by atoms with E-state index < -0.39 is 11.8 Å². The Bertz CT molecular complexity index is 1160. The van der Waals surface area contributed by atoms with Crippen molar-refractivity contribution in [1.82, 2.24) is 4.98 Å². The number of halogens is 1. The number of carbonyl (C=O) groups is 2. The standard InChI is InChI=1S/C22H17BrN4O4/c1-24-15-7-4-13(5-8-15)21(28)26-17-11-19(31-3)18(30-2)10-16(17)22(29)27-20-9-6-14(23)12-25-20/h4-12H,2-3H3,(H,26,28)(H,25,27,29). The molecule has 1 heterocycles. The van der Waals surface area contributed by atoms with Crippen molar-refractivity contribution in [2.24, 2.45) is 0 Å². The lowest BCUT2D eigenvalue weighted by Crippen LogP contribution is -2.19. The summed E-state index contributed by atoms with van der Waals surface area (Å²) in [5.41, 5.74) is 1.15. The fourth-order valence-electron chi connectivity index (χ4n) is 2.69. The lowest BCUT2D eigenvalue weighted by atomic mass is 10.1. The first-order valence-electron chi connectivity index (χ1n) is 8.93. The van der Waals surface area contributed by atoms with Gasteiger partial charge in [-0.3, -0.25) is 9.59 Å². The molecule has 1 aromatic heterocycles. The van der Waals surface area contributed by atoms with Gasteiger partial charge in [-0.1, -0.05) is 24.3 Å². The zero-order chi connectivity index (χ0) is 22.4. The van der Waals surface area contributed by atoms with Gasteiger partial charge in [-0.15, -0.1) is 0 Å². The number of anilines is 2. The highest BCUT2D eigenvalue weighted by atomic mass is 79.9. The highest BCUT2D eigenvalue weighted by molar-refractivity contribution is 9.10. The van der Waals surface area contributed by atoms with Gasteiger partial charge in [-0.25, -0.2) is 9.83 Å². The second kappa shape index (κ2) is 9.73. The van der Waals surface area contributed by atoms with Crippen LogP contribution in [0.5, 0.6) is 11.5 Å². The smallest absolute Gasteiger partial charge is 0.259 e. The molecule has 0 saturated heterocycles. The van der Waals surface area contributed by atoms with Crippen LogP contribution in [0.2, 0.25) is 0 Å². The highest BCUT2D eigenvalue weighted by Gasteiger charge is 2.20. The Morgan fingerprint density at radius 3 is 2.23 bits per heavy atom. The third-order valence-electron chi connectivity index (χ3n) is 4.24. The molecule has 31 heavy (non-hydrogen) atoms. The van der Waals surface area contributed by atoms with Gasteiger partial charge in [-0.05, 0) is 34.1 Å². The van der Waals surface area contributed by atoms with Crippen molar-refractivity contribution in [3.8, 4) is 11.5 Å². The summed E-state index contributed by atoms with van der Waals surface area (Å²) < 4.78 is 11.4. The Balaban J connectivity index is 1.94. The van der Waals surface area contributed by atoms with E-state index in [4.69, 9.17) is 16.0 Å². The molecule has 2 N–H and O–H groups in total. The van der Waals surface area contributed by atoms with Crippen LogP contribution >= 0.6 is 15.9 Å². The maximum atomic E-state index is 12.9. The summed E-state index contributed by atoms with van der Waals surface area (Å²) in [6, 6.07) is 12.5. The summed E-state index contributed by atoms with van der Waals surface area (Å²) in [5.74, 6) is 0.0827. The normalized spacial score (nSPS) is 10.0. The lowest BCUT2D eigenvalue weighted by molar-refractivity contribution is 0.102. The number of amides is 2. The Kier molecular flexibility index (Phi) is 6.85. The SMILES string of the molecule is [C-]#[N+]c1ccc(C(=O)Nc2cc(OC)c(OC)cc2C(=O)Nc2ccc(Br)cn2)cc1. The van der Waals surface area contributed by atoms with Crippen LogP contribution < -0.4 is 20.1 Å². The minimum absolute atomic E-state index is 0.161. The van der Waals surface area contributed by atoms with E-state index in [1.54, 1.807) is 30.5 Å². The molecule has 0 bridgehead atoms. The number of aromatic nitrogens is 1. The van der Waals surface area contributed by atoms with Gasteiger partial charge in [-0.2, -0.15) is 0 Å². The molecule has 2 amide bonds. The molecule has 0 fully saturated rings. The van der Waals surface area contributed by atoms with Gasteiger partial charge in [0.1, 0.15) is 5.82 Å². The van der Waals surface area contributed by atoms with Crippen molar-refractivity contribution in [2.45, 2.75) is 0 Å². The second-order valence-corrected chi connectivity index (χ2v) is 7.10. The number of benzene rings is 2. The molecule has 8 nitrogen and oxygen atoms in total. The molecule has 0 aliphatic rings. The van der Waals surface area contributed by atoms with Gasteiger partial charge in [0, 0.05) is 22.3 Å². The van der Waals surface area contributed by atoms with Crippen LogP contribution in [-0.2, 0) is 0 Å². The number of hydrogen-bond acceptors (Lipinski definition) is 5. The average Bonchev–Trinajstić information content (AvgIpc) is 2.80. The number of rotatable bonds is 6. The quantitative estimate of drug-likeness (QED) is 0.488. The molecular weight excluding hydrogens is 464 g/mol. The topological polar surface area (TPSA) is 93.9 Å². The summed E-state index contributed by atoms with van der Waals surface area (Å²) in [5, 5.41) is 5.42. The van der Waals surface area contributed by atoms with Crippen molar-refractivity contribution in [1.29, 1.82) is 0 Å². The third kappa shape index (κ3) is 5.18. The van der Waals surface area contributed by atoms with Crippen LogP contribution in [0.15, 0.2) is 59.2 Å². The number of nitrogens with zero attached hydrogens (tertiary/aromatic N) is 2. The molecular formula is C22H17BrN4O4. The predicted molar refractivity (Wildman–Crippen MR) is 120 cm³/mol. The van der Waals surface area contributed by atoms with Gasteiger partial charge in [0.15, 0.2) is 17.2 Å². The van der Waals surface area contributed by atoms with Gasteiger partial charge in [0.25, 0.3) is 11.8 Å². The Labute approximate surface area is 187 Å². The van der Waals surface area contributed by atoms with E-state index in [9.17, 15) is 9.59 Å². The van der Waals surface area contributed by atoms with Crippen LogP contribution in [0.1, 0.15) is 20.7 Å². The van der Waals surface area contributed by atoms with E-state index >= 15 is 0 Å². The Morgan fingerprint density at radius 2 is 1.65 bits per heavy atom. The lowest BCUT2D eigenvalue weighted by Gasteiger charge is -2.15. The molecule has 0 aliphatic carbocycles. The number of methoxy groups -OCH3 is 2. The maximum absolute atomic E-state index is 12.9. The van der Waals surface area contributed by atoms with Crippen molar-refractivity contribution in [2.75, 3.05) is 24.9 Å². The Morgan fingerprint density at radius 1 is 0.968 bits per heavy atom.